The maximum atomic E-state index is 11.8. The third kappa shape index (κ3) is 2.76. The van der Waals surface area contributed by atoms with Gasteiger partial charge < -0.3 is 5.32 Å². The summed E-state index contributed by atoms with van der Waals surface area (Å²) in [5, 5.41) is 13.2. The molecule has 2 aromatic heterocycles. The van der Waals surface area contributed by atoms with Gasteiger partial charge in [0.05, 0.1) is 12.2 Å². The Morgan fingerprint density at radius 1 is 1.33 bits per heavy atom. The highest BCUT2D eigenvalue weighted by atomic mass is 32.1. The summed E-state index contributed by atoms with van der Waals surface area (Å²) in [4.78, 5) is 22.0. The molecule has 0 radical (unpaired) electrons. The summed E-state index contributed by atoms with van der Waals surface area (Å²) in [6, 6.07) is -0.258. The molecule has 7 nitrogen and oxygen atoms in total. The third-order valence-corrected chi connectivity index (χ3v) is 4.80. The minimum Gasteiger partial charge on any atom is -0.331 e. The summed E-state index contributed by atoms with van der Waals surface area (Å²) < 4.78 is 0. The number of nitrogens with zero attached hydrogens (tertiary/aromatic N) is 3. The van der Waals surface area contributed by atoms with Crippen LogP contribution >= 0.6 is 11.3 Å². The van der Waals surface area contributed by atoms with Crippen LogP contribution in [0.25, 0.3) is 0 Å². The van der Waals surface area contributed by atoms with Gasteiger partial charge in [0.25, 0.3) is 0 Å². The molecule has 0 aromatic carbocycles. The fraction of sp³-hybridized carbons (Fsp3) is 0.538. The largest absolute Gasteiger partial charge is 0.331 e. The van der Waals surface area contributed by atoms with E-state index in [1.807, 2.05) is 0 Å². The third-order valence-electron chi connectivity index (χ3n) is 3.72. The second kappa shape index (κ2) is 5.10. The number of rotatable bonds is 4. The second-order valence-electron chi connectivity index (χ2n) is 5.46. The lowest BCUT2D eigenvalue weighted by atomic mass is 10.4. The quantitative estimate of drug-likeness (QED) is 0.804. The molecule has 0 aliphatic heterocycles. The molecular weight excluding hydrogens is 288 g/mol. The van der Waals surface area contributed by atoms with Crippen molar-refractivity contribution >= 4 is 22.5 Å². The van der Waals surface area contributed by atoms with E-state index in [0.29, 0.717) is 23.4 Å². The molecule has 2 aliphatic carbocycles. The van der Waals surface area contributed by atoms with Gasteiger partial charge in [-0.25, -0.2) is 14.8 Å². The van der Waals surface area contributed by atoms with Crippen LogP contribution < -0.4 is 10.6 Å². The van der Waals surface area contributed by atoms with E-state index in [0.717, 1.165) is 24.4 Å². The zero-order valence-electron chi connectivity index (χ0n) is 11.5. The Kier molecular flexibility index (Phi) is 3.10. The molecule has 0 unspecified atom stereocenters. The van der Waals surface area contributed by atoms with Crippen molar-refractivity contribution < 1.29 is 4.79 Å². The van der Waals surface area contributed by atoms with Gasteiger partial charge in [0.1, 0.15) is 5.82 Å². The fourth-order valence-corrected chi connectivity index (χ4v) is 3.51. The molecule has 2 aromatic rings. The van der Waals surface area contributed by atoms with Crippen LogP contribution in [0.15, 0.2) is 0 Å². The number of H-pyrrole nitrogens is 1. The molecule has 2 aliphatic rings. The Morgan fingerprint density at radius 3 is 3.05 bits per heavy atom. The molecule has 4 rings (SSSR count). The number of amides is 2. The maximum absolute atomic E-state index is 11.8. The number of aryl methyl sites for hydroxylation is 2. The van der Waals surface area contributed by atoms with E-state index in [4.69, 9.17) is 0 Å². The van der Waals surface area contributed by atoms with E-state index in [2.05, 4.69) is 30.8 Å². The Morgan fingerprint density at radius 2 is 2.24 bits per heavy atom. The van der Waals surface area contributed by atoms with Crippen LogP contribution in [-0.4, -0.2) is 26.2 Å². The number of carbonyl (C=O) groups excluding carboxylic acids is 1. The smallest absolute Gasteiger partial charge is 0.321 e. The number of nitrogens with one attached hydrogen (secondary N) is 3. The van der Waals surface area contributed by atoms with Crippen LogP contribution in [-0.2, 0) is 19.4 Å². The van der Waals surface area contributed by atoms with E-state index in [9.17, 15) is 4.79 Å². The lowest BCUT2D eigenvalue weighted by Gasteiger charge is -2.03. The Balaban J connectivity index is 1.30. The van der Waals surface area contributed by atoms with Crippen molar-refractivity contribution in [3.63, 3.8) is 0 Å². The first-order valence-corrected chi connectivity index (χ1v) is 8.04. The summed E-state index contributed by atoms with van der Waals surface area (Å²) in [6.45, 7) is 0.344. The number of hydrogen-bond donors (Lipinski definition) is 3. The molecule has 1 fully saturated rings. The highest BCUT2D eigenvalue weighted by Gasteiger charge is 2.27. The molecule has 110 valence electrons. The molecule has 0 atom stereocenters. The van der Waals surface area contributed by atoms with Crippen LogP contribution in [0.4, 0.5) is 9.93 Å². The van der Waals surface area contributed by atoms with Crippen molar-refractivity contribution in [3.05, 3.63) is 22.2 Å². The van der Waals surface area contributed by atoms with Gasteiger partial charge in [-0.3, -0.25) is 10.4 Å². The van der Waals surface area contributed by atoms with Crippen LogP contribution in [0.2, 0.25) is 0 Å². The first-order valence-electron chi connectivity index (χ1n) is 7.22. The predicted molar refractivity (Wildman–Crippen MR) is 78.4 cm³/mol. The Hall–Kier alpha value is -1.96. The molecule has 2 heterocycles. The first-order chi connectivity index (χ1) is 10.3. The SMILES string of the molecule is O=C(NCc1nc(C2CC2)n[nH]1)Nc1nc2c(s1)CCC2. The summed E-state index contributed by atoms with van der Waals surface area (Å²) in [7, 11) is 0. The summed E-state index contributed by atoms with van der Waals surface area (Å²) in [6.07, 6.45) is 5.62. The number of aromatic amines is 1. The summed E-state index contributed by atoms with van der Waals surface area (Å²) in [5.41, 5.74) is 1.14. The van der Waals surface area contributed by atoms with E-state index in [-0.39, 0.29) is 6.03 Å². The van der Waals surface area contributed by atoms with Gasteiger partial charge in [-0.05, 0) is 32.1 Å². The molecule has 0 bridgehead atoms. The lowest BCUT2D eigenvalue weighted by Crippen LogP contribution is -2.28. The van der Waals surface area contributed by atoms with Gasteiger partial charge >= 0.3 is 6.03 Å². The van der Waals surface area contributed by atoms with Crippen molar-refractivity contribution in [1.82, 2.24) is 25.5 Å². The van der Waals surface area contributed by atoms with Gasteiger partial charge in [-0.1, -0.05) is 0 Å². The van der Waals surface area contributed by atoms with Gasteiger partial charge in [0.2, 0.25) is 0 Å². The van der Waals surface area contributed by atoms with Crippen molar-refractivity contribution in [1.29, 1.82) is 0 Å². The highest BCUT2D eigenvalue weighted by molar-refractivity contribution is 7.15. The lowest BCUT2D eigenvalue weighted by molar-refractivity contribution is 0.251. The Labute approximate surface area is 125 Å². The zero-order valence-corrected chi connectivity index (χ0v) is 12.3. The minimum absolute atomic E-state index is 0.258. The van der Waals surface area contributed by atoms with Crippen LogP contribution in [0, 0.1) is 0 Å². The van der Waals surface area contributed by atoms with Crippen molar-refractivity contribution in [3.8, 4) is 0 Å². The number of carbonyl (C=O) groups is 1. The van der Waals surface area contributed by atoms with Crippen LogP contribution in [0.1, 0.15) is 47.4 Å². The van der Waals surface area contributed by atoms with Crippen molar-refractivity contribution in [2.24, 2.45) is 0 Å². The van der Waals surface area contributed by atoms with E-state index < -0.39 is 0 Å². The molecule has 8 heteroatoms. The van der Waals surface area contributed by atoms with Crippen LogP contribution in [0.5, 0.6) is 0 Å². The van der Waals surface area contributed by atoms with Gasteiger partial charge in [0, 0.05) is 10.8 Å². The number of anilines is 1. The normalized spacial score (nSPS) is 16.8. The first kappa shape index (κ1) is 12.8. The van der Waals surface area contributed by atoms with Crippen molar-refractivity contribution in [2.45, 2.75) is 44.6 Å². The number of thiazole rings is 1. The summed E-state index contributed by atoms with van der Waals surface area (Å²) >= 11 is 1.57. The second-order valence-corrected chi connectivity index (χ2v) is 6.55. The number of fused-ring (bicyclic) bond motifs is 1. The maximum Gasteiger partial charge on any atom is 0.321 e. The molecule has 0 spiro atoms. The highest BCUT2D eigenvalue weighted by Crippen LogP contribution is 2.37. The summed E-state index contributed by atoms with van der Waals surface area (Å²) in [5.74, 6) is 2.07. The van der Waals surface area contributed by atoms with Crippen LogP contribution in [0.3, 0.4) is 0 Å². The molecule has 21 heavy (non-hydrogen) atoms. The number of aromatic nitrogens is 4. The average Bonchev–Trinajstić information content (AvgIpc) is 2.88. The van der Waals surface area contributed by atoms with E-state index >= 15 is 0 Å². The van der Waals surface area contributed by atoms with Crippen molar-refractivity contribution in [2.75, 3.05) is 5.32 Å². The molecule has 1 saturated carbocycles. The minimum atomic E-state index is -0.258. The molecule has 2 amide bonds. The average molecular weight is 304 g/mol. The Bertz CT molecular complexity index is 653. The topological polar surface area (TPSA) is 95.6 Å². The molecule has 3 N–H and O–H groups in total. The molecule has 0 saturated heterocycles. The van der Waals surface area contributed by atoms with Gasteiger partial charge in [-0.2, -0.15) is 5.10 Å². The van der Waals surface area contributed by atoms with E-state index in [1.165, 1.54) is 24.1 Å². The fourth-order valence-electron chi connectivity index (χ4n) is 2.46. The van der Waals surface area contributed by atoms with E-state index in [1.54, 1.807) is 11.3 Å². The zero-order chi connectivity index (χ0) is 14.2. The predicted octanol–water partition coefficient (Wildman–Crippen LogP) is 1.95. The monoisotopic (exact) mass is 304 g/mol. The number of hydrogen-bond acceptors (Lipinski definition) is 5. The van der Waals surface area contributed by atoms with Gasteiger partial charge in [0.15, 0.2) is 11.0 Å². The standard InChI is InChI=1S/C13H16N6OS/c20-12(17-13-15-8-2-1-3-9(8)21-13)14-6-10-16-11(19-18-10)7-4-5-7/h7H,1-6H2,(H,16,18,19)(H2,14,15,17,20). The van der Waals surface area contributed by atoms with Gasteiger partial charge in [-0.15, -0.1) is 11.3 Å². The molecular formula is C13H16N6OS. The number of urea groups is 1.